The first kappa shape index (κ1) is 14.4. The van der Waals surface area contributed by atoms with E-state index in [1.807, 2.05) is 23.6 Å². The maximum atomic E-state index is 13.0. The third kappa shape index (κ3) is 2.64. The van der Waals surface area contributed by atoms with E-state index in [0.29, 0.717) is 24.2 Å². The quantitative estimate of drug-likeness (QED) is 0.866. The molecule has 0 aromatic carbocycles. The zero-order chi connectivity index (χ0) is 16.0. The van der Waals surface area contributed by atoms with Gasteiger partial charge in [-0.05, 0) is 32.6 Å². The monoisotopic (exact) mass is 315 g/mol. The topological polar surface area (TPSA) is 77.0 Å². The summed E-state index contributed by atoms with van der Waals surface area (Å²) in [5.41, 5.74) is 1.85. The fraction of sp³-hybridized carbons (Fsp3) is 0.625. The summed E-state index contributed by atoms with van der Waals surface area (Å²) in [6.07, 6.45) is 5.97. The Bertz CT molecular complexity index is 731. The molecule has 23 heavy (non-hydrogen) atoms. The summed E-state index contributed by atoms with van der Waals surface area (Å²) in [4.78, 5) is 19.2. The SMILES string of the molecule is Cc1noc(C2CCCN(C(=O)c3cnn(C)c3C3CC3)C2)n1. The third-order valence-electron chi connectivity index (χ3n) is 4.78. The molecule has 1 saturated heterocycles. The number of aryl methyl sites for hydroxylation is 2. The van der Waals surface area contributed by atoms with Crippen molar-refractivity contribution >= 4 is 5.91 Å². The Labute approximate surface area is 134 Å². The molecule has 3 heterocycles. The summed E-state index contributed by atoms with van der Waals surface area (Å²) in [5, 5.41) is 8.17. The summed E-state index contributed by atoms with van der Waals surface area (Å²) < 4.78 is 7.15. The number of amides is 1. The van der Waals surface area contributed by atoms with E-state index in [1.165, 1.54) is 0 Å². The largest absolute Gasteiger partial charge is 0.339 e. The zero-order valence-corrected chi connectivity index (χ0v) is 13.5. The molecule has 1 aliphatic heterocycles. The van der Waals surface area contributed by atoms with Gasteiger partial charge in [-0.1, -0.05) is 5.16 Å². The average molecular weight is 315 g/mol. The number of carbonyl (C=O) groups excluding carboxylic acids is 1. The Morgan fingerprint density at radius 2 is 2.13 bits per heavy atom. The summed E-state index contributed by atoms with van der Waals surface area (Å²) in [6, 6.07) is 0. The maximum Gasteiger partial charge on any atom is 0.257 e. The highest BCUT2D eigenvalue weighted by Gasteiger charge is 2.35. The minimum Gasteiger partial charge on any atom is -0.339 e. The minimum atomic E-state index is 0.0842. The lowest BCUT2D eigenvalue weighted by molar-refractivity contribution is 0.0694. The molecule has 2 aliphatic rings. The van der Waals surface area contributed by atoms with E-state index in [2.05, 4.69) is 15.2 Å². The van der Waals surface area contributed by atoms with E-state index in [-0.39, 0.29) is 11.8 Å². The van der Waals surface area contributed by atoms with Crippen LogP contribution in [0.2, 0.25) is 0 Å². The fourth-order valence-corrected chi connectivity index (χ4v) is 3.47. The highest BCUT2D eigenvalue weighted by atomic mass is 16.5. The Hall–Kier alpha value is -2.18. The average Bonchev–Trinajstić information content (AvgIpc) is 3.18. The van der Waals surface area contributed by atoms with Crippen LogP contribution in [0, 0.1) is 6.92 Å². The van der Waals surface area contributed by atoms with Gasteiger partial charge < -0.3 is 9.42 Å². The lowest BCUT2D eigenvalue weighted by atomic mass is 9.97. The molecule has 4 rings (SSSR count). The van der Waals surface area contributed by atoms with Gasteiger partial charge in [-0.3, -0.25) is 9.48 Å². The Morgan fingerprint density at radius 1 is 1.30 bits per heavy atom. The molecule has 0 spiro atoms. The van der Waals surface area contributed by atoms with Crippen LogP contribution < -0.4 is 0 Å². The van der Waals surface area contributed by atoms with Crippen molar-refractivity contribution in [1.82, 2.24) is 24.8 Å². The summed E-state index contributed by atoms with van der Waals surface area (Å²) in [6.45, 7) is 3.23. The Morgan fingerprint density at radius 3 is 2.83 bits per heavy atom. The molecule has 0 bridgehead atoms. The Balaban J connectivity index is 1.54. The molecule has 2 aromatic heterocycles. The molecule has 1 aliphatic carbocycles. The van der Waals surface area contributed by atoms with Gasteiger partial charge in [-0.15, -0.1) is 0 Å². The Kier molecular flexibility index (Phi) is 3.43. The van der Waals surface area contributed by atoms with Crippen LogP contribution in [-0.4, -0.2) is 43.8 Å². The van der Waals surface area contributed by atoms with Gasteiger partial charge in [-0.2, -0.15) is 10.1 Å². The van der Waals surface area contributed by atoms with Gasteiger partial charge in [0.15, 0.2) is 5.82 Å². The predicted molar refractivity (Wildman–Crippen MR) is 82.1 cm³/mol. The van der Waals surface area contributed by atoms with Crippen molar-refractivity contribution in [3.8, 4) is 0 Å². The van der Waals surface area contributed by atoms with E-state index in [0.717, 1.165) is 43.5 Å². The smallest absolute Gasteiger partial charge is 0.257 e. The van der Waals surface area contributed by atoms with Crippen LogP contribution in [0.15, 0.2) is 10.7 Å². The maximum absolute atomic E-state index is 13.0. The molecule has 1 atom stereocenters. The summed E-state index contributed by atoms with van der Waals surface area (Å²) in [5.74, 6) is 2.01. The standard InChI is InChI=1S/C16H21N5O2/c1-10-18-15(23-19-10)12-4-3-7-21(9-12)16(22)13-8-17-20(2)14(13)11-5-6-11/h8,11-12H,3-7,9H2,1-2H3. The van der Waals surface area contributed by atoms with Crippen molar-refractivity contribution < 1.29 is 9.32 Å². The van der Waals surface area contributed by atoms with Crippen LogP contribution in [0.4, 0.5) is 0 Å². The first-order chi connectivity index (χ1) is 11.1. The highest BCUT2D eigenvalue weighted by Crippen LogP contribution is 2.41. The lowest BCUT2D eigenvalue weighted by Crippen LogP contribution is -2.39. The van der Waals surface area contributed by atoms with Crippen molar-refractivity contribution in [3.63, 3.8) is 0 Å². The van der Waals surface area contributed by atoms with E-state index in [4.69, 9.17) is 4.52 Å². The second-order valence-corrected chi connectivity index (χ2v) is 6.61. The number of piperidine rings is 1. The number of rotatable bonds is 3. The number of aromatic nitrogens is 4. The number of hydrogen-bond donors (Lipinski definition) is 0. The first-order valence-corrected chi connectivity index (χ1v) is 8.25. The molecular weight excluding hydrogens is 294 g/mol. The minimum absolute atomic E-state index is 0.0842. The molecule has 0 radical (unpaired) electrons. The molecule has 7 heteroatoms. The van der Waals surface area contributed by atoms with Gasteiger partial charge in [0, 0.05) is 26.1 Å². The number of likely N-dealkylation sites (tertiary alicyclic amines) is 1. The molecule has 2 fully saturated rings. The molecule has 122 valence electrons. The van der Waals surface area contributed by atoms with E-state index < -0.39 is 0 Å². The highest BCUT2D eigenvalue weighted by molar-refractivity contribution is 5.95. The van der Waals surface area contributed by atoms with Crippen LogP contribution in [-0.2, 0) is 7.05 Å². The van der Waals surface area contributed by atoms with Gasteiger partial charge in [0.25, 0.3) is 5.91 Å². The van der Waals surface area contributed by atoms with E-state index in [9.17, 15) is 4.79 Å². The van der Waals surface area contributed by atoms with Crippen LogP contribution in [0.25, 0.3) is 0 Å². The van der Waals surface area contributed by atoms with Crippen molar-refractivity contribution in [3.05, 3.63) is 29.2 Å². The lowest BCUT2D eigenvalue weighted by Gasteiger charge is -2.31. The van der Waals surface area contributed by atoms with Crippen molar-refractivity contribution in [1.29, 1.82) is 0 Å². The van der Waals surface area contributed by atoms with Gasteiger partial charge in [0.2, 0.25) is 5.89 Å². The summed E-state index contributed by atoms with van der Waals surface area (Å²) >= 11 is 0. The first-order valence-electron chi connectivity index (χ1n) is 8.25. The normalized spacial score (nSPS) is 21.7. The number of carbonyl (C=O) groups is 1. The number of nitrogens with zero attached hydrogens (tertiary/aromatic N) is 5. The molecule has 0 N–H and O–H groups in total. The molecule has 2 aromatic rings. The zero-order valence-electron chi connectivity index (χ0n) is 13.5. The van der Waals surface area contributed by atoms with E-state index in [1.54, 1.807) is 6.20 Å². The third-order valence-corrected chi connectivity index (χ3v) is 4.78. The van der Waals surface area contributed by atoms with Crippen molar-refractivity contribution in [2.24, 2.45) is 7.05 Å². The molecule has 1 saturated carbocycles. The van der Waals surface area contributed by atoms with Crippen LogP contribution in [0.1, 0.15) is 65.3 Å². The van der Waals surface area contributed by atoms with Crippen molar-refractivity contribution in [2.45, 2.75) is 44.4 Å². The molecule has 1 unspecified atom stereocenters. The van der Waals surface area contributed by atoms with Crippen LogP contribution in [0.5, 0.6) is 0 Å². The molecular formula is C16H21N5O2. The molecule has 7 nitrogen and oxygen atoms in total. The fourth-order valence-electron chi connectivity index (χ4n) is 3.47. The van der Waals surface area contributed by atoms with Crippen molar-refractivity contribution in [2.75, 3.05) is 13.1 Å². The van der Waals surface area contributed by atoms with Gasteiger partial charge in [0.1, 0.15) is 0 Å². The van der Waals surface area contributed by atoms with Crippen LogP contribution in [0.3, 0.4) is 0 Å². The van der Waals surface area contributed by atoms with E-state index >= 15 is 0 Å². The molecule has 1 amide bonds. The summed E-state index contributed by atoms with van der Waals surface area (Å²) in [7, 11) is 1.92. The van der Waals surface area contributed by atoms with Gasteiger partial charge in [0.05, 0.1) is 23.4 Å². The van der Waals surface area contributed by atoms with Gasteiger partial charge >= 0.3 is 0 Å². The second kappa shape index (κ2) is 5.47. The second-order valence-electron chi connectivity index (χ2n) is 6.61. The van der Waals surface area contributed by atoms with Crippen LogP contribution >= 0.6 is 0 Å². The number of hydrogen-bond acceptors (Lipinski definition) is 5. The van der Waals surface area contributed by atoms with Gasteiger partial charge in [-0.25, -0.2) is 0 Å². The predicted octanol–water partition coefficient (Wildman–Crippen LogP) is 2.01.